The van der Waals surface area contributed by atoms with Crippen molar-refractivity contribution in [3.63, 3.8) is 0 Å². The number of hydrogen-bond acceptors (Lipinski definition) is 5. The van der Waals surface area contributed by atoms with E-state index in [1.165, 1.54) is 18.5 Å². The van der Waals surface area contributed by atoms with Crippen molar-refractivity contribution in [2.45, 2.75) is 40.5 Å². The van der Waals surface area contributed by atoms with Crippen molar-refractivity contribution in [3.05, 3.63) is 36.0 Å². The fourth-order valence-electron chi connectivity index (χ4n) is 3.47. The molecular weight excluding hydrogens is 322 g/mol. The zero-order valence-electron chi connectivity index (χ0n) is 16.5. The molecule has 0 amide bonds. The molecule has 0 spiro atoms. The van der Waals surface area contributed by atoms with Gasteiger partial charge in [0.05, 0.1) is 0 Å². The molecule has 26 heavy (non-hydrogen) atoms. The van der Waals surface area contributed by atoms with Crippen LogP contribution in [-0.2, 0) is 0 Å². The average molecular weight is 354 g/mol. The van der Waals surface area contributed by atoms with Crippen LogP contribution in [0.2, 0.25) is 0 Å². The van der Waals surface area contributed by atoms with E-state index in [0.717, 1.165) is 49.3 Å². The topological polar surface area (TPSA) is 44.3 Å². The highest BCUT2D eigenvalue weighted by atomic mass is 15.2. The van der Waals surface area contributed by atoms with E-state index in [2.05, 4.69) is 70.1 Å². The molecule has 5 heteroatoms. The Morgan fingerprint density at radius 3 is 2.35 bits per heavy atom. The molecule has 5 nitrogen and oxygen atoms in total. The summed E-state index contributed by atoms with van der Waals surface area (Å²) in [6.45, 7) is 12.8. The summed E-state index contributed by atoms with van der Waals surface area (Å²) >= 11 is 0. The molecule has 0 radical (unpaired) electrons. The van der Waals surface area contributed by atoms with Crippen molar-refractivity contribution in [2.24, 2.45) is 5.92 Å². The van der Waals surface area contributed by atoms with Crippen molar-refractivity contribution in [1.82, 2.24) is 9.97 Å². The minimum absolute atomic E-state index is 0.659. The van der Waals surface area contributed by atoms with Crippen molar-refractivity contribution >= 4 is 23.1 Å². The van der Waals surface area contributed by atoms with E-state index < -0.39 is 0 Å². The van der Waals surface area contributed by atoms with Crippen LogP contribution >= 0.6 is 0 Å². The Balaban J connectivity index is 1.71. The molecular formula is C21H31N5. The summed E-state index contributed by atoms with van der Waals surface area (Å²) in [6.07, 6.45) is 2.57. The van der Waals surface area contributed by atoms with Crippen LogP contribution in [0.15, 0.2) is 30.3 Å². The van der Waals surface area contributed by atoms with Crippen molar-refractivity contribution in [3.8, 4) is 0 Å². The number of rotatable bonds is 6. The second-order valence-electron chi connectivity index (χ2n) is 7.20. The standard InChI is InChI=1S/C21H31N5/c1-5-25(6-2)20-15-17(4)22-21(24-20)23-18-7-9-19(10-8-18)26-13-11-16(3)12-14-26/h7-10,15-16H,5-6,11-14H2,1-4H3,(H,22,23,24). The maximum Gasteiger partial charge on any atom is 0.229 e. The predicted molar refractivity (Wildman–Crippen MR) is 111 cm³/mol. The lowest BCUT2D eigenvalue weighted by Gasteiger charge is -2.32. The number of hydrogen-bond donors (Lipinski definition) is 1. The summed E-state index contributed by atoms with van der Waals surface area (Å²) in [5, 5.41) is 3.36. The zero-order valence-corrected chi connectivity index (χ0v) is 16.5. The highest BCUT2D eigenvalue weighted by Crippen LogP contribution is 2.25. The van der Waals surface area contributed by atoms with Crippen LogP contribution in [0, 0.1) is 12.8 Å². The Morgan fingerprint density at radius 2 is 1.73 bits per heavy atom. The molecule has 1 aliphatic rings. The summed E-state index contributed by atoms with van der Waals surface area (Å²) in [6, 6.07) is 10.7. The SMILES string of the molecule is CCN(CC)c1cc(C)nc(Nc2ccc(N3CCC(C)CC3)cc2)n1. The van der Waals surface area contributed by atoms with Crippen molar-refractivity contribution in [1.29, 1.82) is 0 Å². The third kappa shape index (κ3) is 4.45. The monoisotopic (exact) mass is 353 g/mol. The molecule has 0 aliphatic carbocycles. The Labute approximate surface area is 157 Å². The summed E-state index contributed by atoms with van der Waals surface area (Å²) in [7, 11) is 0. The molecule has 1 fully saturated rings. The van der Waals surface area contributed by atoms with Gasteiger partial charge in [0, 0.05) is 49.3 Å². The van der Waals surface area contributed by atoms with Crippen LogP contribution in [0.3, 0.4) is 0 Å². The Morgan fingerprint density at radius 1 is 1.08 bits per heavy atom. The summed E-state index contributed by atoms with van der Waals surface area (Å²) in [5.41, 5.74) is 3.30. The molecule has 2 aromatic rings. The first-order chi connectivity index (χ1) is 12.6. The summed E-state index contributed by atoms with van der Waals surface area (Å²) in [5.74, 6) is 2.49. The smallest absolute Gasteiger partial charge is 0.229 e. The van der Waals surface area contributed by atoms with Crippen LogP contribution in [-0.4, -0.2) is 36.1 Å². The average Bonchev–Trinajstić information content (AvgIpc) is 2.64. The van der Waals surface area contributed by atoms with Gasteiger partial charge >= 0.3 is 0 Å². The molecule has 1 saturated heterocycles. The van der Waals surface area contributed by atoms with E-state index in [1.807, 2.05) is 13.0 Å². The Bertz CT molecular complexity index is 701. The van der Waals surface area contributed by atoms with E-state index in [1.54, 1.807) is 0 Å². The molecule has 0 atom stereocenters. The maximum absolute atomic E-state index is 4.68. The van der Waals surface area contributed by atoms with Crippen LogP contribution < -0.4 is 15.1 Å². The molecule has 0 saturated carbocycles. The van der Waals surface area contributed by atoms with E-state index in [-0.39, 0.29) is 0 Å². The number of aromatic nitrogens is 2. The van der Waals surface area contributed by atoms with E-state index in [9.17, 15) is 0 Å². The minimum atomic E-state index is 0.659. The number of nitrogens with zero attached hydrogens (tertiary/aromatic N) is 4. The lowest BCUT2D eigenvalue weighted by molar-refractivity contribution is 0.438. The van der Waals surface area contributed by atoms with Gasteiger partial charge in [0.1, 0.15) is 5.82 Å². The van der Waals surface area contributed by atoms with E-state index in [0.29, 0.717) is 5.95 Å². The molecule has 3 rings (SSSR count). The van der Waals surface area contributed by atoms with Crippen LogP contribution in [0.1, 0.15) is 39.3 Å². The van der Waals surface area contributed by atoms with Gasteiger partial charge < -0.3 is 15.1 Å². The van der Waals surface area contributed by atoms with Crippen LogP contribution in [0.25, 0.3) is 0 Å². The molecule has 1 aromatic heterocycles. The van der Waals surface area contributed by atoms with Gasteiger partial charge in [-0.1, -0.05) is 6.92 Å². The van der Waals surface area contributed by atoms with Gasteiger partial charge in [-0.05, 0) is 63.8 Å². The van der Waals surface area contributed by atoms with Gasteiger partial charge in [-0.15, -0.1) is 0 Å². The first-order valence-corrected chi connectivity index (χ1v) is 9.81. The third-order valence-corrected chi connectivity index (χ3v) is 5.20. The van der Waals surface area contributed by atoms with Gasteiger partial charge in [-0.2, -0.15) is 4.98 Å². The Kier molecular flexibility index (Phi) is 5.96. The first-order valence-electron chi connectivity index (χ1n) is 9.81. The zero-order chi connectivity index (χ0) is 18.5. The van der Waals surface area contributed by atoms with Gasteiger partial charge in [0.25, 0.3) is 0 Å². The van der Waals surface area contributed by atoms with Gasteiger partial charge in [-0.25, -0.2) is 4.98 Å². The fourth-order valence-corrected chi connectivity index (χ4v) is 3.47. The summed E-state index contributed by atoms with van der Waals surface area (Å²) < 4.78 is 0. The minimum Gasteiger partial charge on any atom is -0.372 e. The van der Waals surface area contributed by atoms with Gasteiger partial charge in [-0.3, -0.25) is 0 Å². The number of aryl methyl sites for hydroxylation is 1. The number of benzene rings is 1. The Hall–Kier alpha value is -2.30. The third-order valence-electron chi connectivity index (χ3n) is 5.20. The number of piperidine rings is 1. The molecule has 0 bridgehead atoms. The van der Waals surface area contributed by atoms with Crippen molar-refractivity contribution < 1.29 is 0 Å². The summed E-state index contributed by atoms with van der Waals surface area (Å²) in [4.78, 5) is 13.9. The van der Waals surface area contributed by atoms with Gasteiger partial charge in [0.15, 0.2) is 0 Å². The van der Waals surface area contributed by atoms with Crippen molar-refractivity contribution in [2.75, 3.05) is 41.3 Å². The predicted octanol–water partition coefficient (Wildman–Crippen LogP) is 4.61. The number of anilines is 4. The highest BCUT2D eigenvalue weighted by Gasteiger charge is 2.16. The number of nitrogens with one attached hydrogen (secondary N) is 1. The molecule has 1 N–H and O–H groups in total. The quantitative estimate of drug-likeness (QED) is 0.821. The van der Waals surface area contributed by atoms with E-state index in [4.69, 9.17) is 0 Å². The molecule has 140 valence electrons. The molecule has 2 heterocycles. The lowest BCUT2D eigenvalue weighted by Crippen LogP contribution is -2.32. The van der Waals surface area contributed by atoms with Crippen LogP contribution in [0.4, 0.5) is 23.1 Å². The molecule has 1 aromatic carbocycles. The molecule has 1 aliphatic heterocycles. The maximum atomic E-state index is 4.68. The lowest BCUT2D eigenvalue weighted by atomic mass is 9.99. The van der Waals surface area contributed by atoms with E-state index >= 15 is 0 Å². The fraction of sp³-hybridized carbons (Fsp3) is 0.524. The van der Waals surface area contributed by atoms with Gasteiger partial charge in [0.2, 0.25) is 5.95 Å². The highest BCUT2D eigenvalue weighted by molar-refractivity contribution is 5.60. The van der Waals surface area contributed by atoms with Crippen LogP contribution in [0.5, 0.6) is 0 Å². The second kappa shape index (κ2) is 8.39. The molecule has 0 unspecified atom stereocenters. The normalized spacial score (nSPS) is 15.2. The largest absolute Gasteiger partial charge is 0.372 e. The first kappa shape index (κ1) is 18.5. The second-order valence-corrected chi connectivity index (χ2v) is 7.20.